The molecular formula is C18H21N3. The molecule has 0 bridgehead atoms. The van der Waals surface area contributed by atoms with Gasteiger partial charge >= 0.3 is 0 Å². The predicted molar refractivity (Wildman–Crippen MR) is 88.7 cm³/mol. The van der Waals surface area contributed by atoms with E-state index in [1.54, 1.807) is 6.20 Å². The molecule has 1 aromatic heterocycles. The Labute approximate surface area is 126 Å². The summed E-state index contributed by atoms with van der Waals surface area (Å²) in [6.07, 6.45) is 6.99. The number of nitrogens with zero attached hydrogens (tertiary/aromatic N) is 3. The van der Waals surface area contributed by atoms with Crippen molar-refractivity contribution in [2.24, 2.45) is 4.99 Å². The summed E-state index contributed by atoms with van der Waals surface area (Å²) in [5.74, 6) is 0. The van der Waals surface area contributed by atoms with Gasteiger partial charge in [0.1, 0.15) is 0 Å². The van der Waals surface area contributed by atoms with Crippen LogP contribution in [0.15, 0.2) is 53.7 Å². The van der Waals surface area contributed by atoms with Crippen LogP contribution in [-0.4, -0.2) is 22.5 Å². The van der Waals surface area contributed by atoms with Gasteiger partial charge in [-0.25, -0.2) is 0 Å². The summed E-state index contributed by atoms with van der Waals surface area (Å²) in [4.78, 5) is 4.51. The Morgan fingerprint density at radius 1 is 1.00 bits per heavy atom. The van der Waals surface area contributed by atoms with E-state index in [2.05, 4.69) is 58.5 Å². The summed E-state index contributed by atoms with van der Waals surface area (Å²) in [6.45, 7) is 6.93. The number of aromatic nitrogens is 2. The van der Waals surface area contributed by atoms with Crippen molar-refractivity contribution in [3.05, 3.63) is 59.8 Å². The Balaban J connectivity index is 0.000000774. The lowest BCUT2D eigenvalue weighted by molar-refractivity contribution is 0.988. The van der Waals surface area contributed by atoms with Gasteiger partial charge in [-0.05, 0) is 25.5 Å². The van der Waals surface area contributed by atoms with Crippen molar-refractivity contribution in [1.82, 2.24) is 10.2 Å². The molecule has 108 valence electrons. The minimum absolute atomic E-state index is 0.855. The Morgan fingerprint density at radius 3 is 2.43 bits per heavy atom. The maximum atomic E-state index is 4.51. The summed E-state index contributed by atoms with van der Waals surface area (Å²) in [5, 5.41) is 8.30. The van der Waals surface area contributed by atoms with Crippen LogP contribution in [0, 0.1) is 6.92 Å². The standard InChI is InChI=1S/C16H15N3.C2H6/c1-12-5-7-13(8-6-12)16-10-14(11-18-19-16)15-4-2-3-9-17-15;1-2/h2,4-8,10-11H,3,9H2,1H3;1-2H3. The second-order valence-electron chi connectivity index (χ2n) is 4.65. The van der Waals surface area contributed by atoms with Crippen molar-refractivity contribution in [3.63, 3.8) is 0 Å². The first-order valence-corrected chi connectivity index (χ1v) is 7.44. The molecule has 3 nitrogen and oxygen atoms in total. The highest BCUT2D eigenvalue weighted by Crippen LogP contribution is 2.18. The van der Waals surface area contributed by atoms with Gasteiger partial charge in [0.05, 0.1) is 17.6 Å². The summed E-state index contributed by atoms with van der Waals surface area (Å²) in [5.41, 5.74) is 5.24. The van der Waals surface area contributed by atoms with Gasteiger partial charge in [-0.3, -0.25) is 4.99 Å². The fraction of sp³-hybridized carbons (Fsp3) is 0.278. The van der Waals surface area contributed by atoms with Gasteiger partial charge in [0.25, 0.3) is 0 Å². The third-order valence-corrected chi connectivity index (χ3v) is 3.15. The molecule has 0 unspecified atom stereocenters. The molecule has 0 aliphatic carbocycles. The van der Waals surface area contributed by atoms with Crippen LogP contribution in [0.5, 0.6) is 0 Å². The third kappa shape index (κ3) is 3.85. The van der Waals surface area contributed by atoms with E-state index >= 15 is 0 Å². The van der Waals surface area contributed by atoms with Crippen LogP contribution < -0.4 is 0 Å². The molecule has 0 fully saturated rings. The SMILES string of the molecule is CC.Cc1ccc(-c2cc(C3=NCCC=C3)cnn2)cc1. The first kappa shape index (κ1) is 15.1. The van der Waals surface area contributed by atoms with Crippen molar-refractivity contribution in [3.8, 4) is 11.3 Å². The van der Waals surface area contributed by atoms with Crippen LogP contribution in [0.3, 0.4) is 0 Å². The molecule has 21 heavy (non-hydrogen) atoms. The molecule has 2 aromatic rings. The molecule has 1 aliphatic rings. The van der Waals surface area contributed by atoms with Gasteiger partial charge in [0.15, 0.2) is 0 Å². The smallest absolute Gasteiger partial charge is 0.0936 e. The highest BCUT2D eigenvalue weighted by molar-refractivity contribution is 6.09. The largest absolute Gasteiger partial charge is 0.284 e. The number of allylic oxidation sites excluding steroid dienone is 1. The maximum absolute atomic E-state index is 4.51. The van der Waals surface area contributed by atoms with E-state index in [9.17, 15) is 0 Å². The molecule has 0 spiro atoms. The normalized spacial score (nSPS) is 13.2. The monoisotopic (exact) mass is 279 g/mol. The molecule has 3 heteroatoms. The highest BCUT2D eigenvalue weighted by atomic mass is 15.1. The summed E-state index contributed by atoms with van der Waals surface area (Å²) in [7, 11) is 0. The lowest BCUT2D eigenvalue weighted by atomic mass is 10.1. The van der Waals surface area contributed by atoms with Gasteiger partial charge in [-0.1, -0.05) is 49.8 Å². The van der Waals surface area contributed by atoms with Crippen LogP contribution in [0.4, 0.5) is 0 Å². The molecule has 0 N–H and O–H groups in total. The Morgan fingerprint density at radius 2 is 1.76 bits per heavy atom. The van der Waals surface area contributed by atoms with Gasteiger partial charge in [-0.15, -0.1) is 0 Å². The molecule has 2 heterocycles. The molecule has 0 radical (unpaired) electrons. The molecule has 0 saturated heterocycles. The molecule has 3 rings (SSSR count). The fourth-order valence-electron chi connectivity index (χ4n) is 2.07. The average Bonchev–Trinajstić information content (AvgIpc) is 2.58. The van der Waals surface area contributed by atoms with E-state index in [1.807, 2.05) is 19.9 Å². The molecule has 0 atom stereocenters. The van der Waals surface area contributed by atoms with Crippen LogP contribution in [0.1, 0.15) is 31.4 Å². The first-order valence-electron chi connectivity index (χ1n) is 7.44. The van der Waals surface area contributed by atoms with Gasteiger partial charge in [0, 0.05) is 17.7 Å². The van der Waals surface area contributed by atoms with E-state index in [1.165, 1.54) is 5.56 Å². The quantitative estimate of drug-likeness (QED) is 0.825. The summed E-state index contributed by atoms with van der Waals surface area (Å²) < 4.78 is 0. The number of aryl methyl sites for hydroxylation is 1. The second-order valence-corrected chi connectivity index (χ2v) is 4.65. The first-order chi connectivity index (χ1) is 10.3. The number of hydrogen-bond acceptors (Lipinski definition) is 3. The lowest BCUT2D eigenvalue weighted by Gasteiger charge is -2.07. The summed E-state index contributed by atoms with van der Waals surface area (Å²) >= 11 is 0. The van der Waals surface area contributed by atoms with Crippen molar-refractivity contribution in [1.29, 1.82) is 0 Å². The van der Waals surface area contributed by atoms with E-state index in [-0.39, 0.29) is 0 Å². The fourth-order valence-corrected chi connectivity index (χ4v) is 2.07. The van der Waals surface area contributed by atoms with Gasteiger partial charge in [-0.2, -0.15) is 10.2 Å². The highest BCUT2D eigenvalue weighted by Gasteiger charge is 2.06. The predicted octanol–water partition coefficient (Wildman–Crippen LogP) is 4.23. The van der Waals surface area contributed by atoms with Crippen LogP contribution in [0.2, 0.25) is 0 Å². The summed E-state index contributed by atoms with van der Waals surface area (Å²) in [6, 6.07) is 10.4. The molecule has 1 aliphatic heterocycles. The Hall–Kier alpha value is -2.29. The van der Waals surface area contributed by atoms with E-state index in [0.717, 1.165) is 35.5 Å². The lowest BCUT2D eigenvalue weighted by Crippen LogP contribution is -2.04. The van der Waals surface area contributed by atoms with Gasteiger partial charge < -0.3 is 0 Å². The number of rotatable bonds is 2. The number of benzene rings is 1. The molecular weight excluding hydrogens is 258 g/mol. The Kier molecular flexibility index (Phi) is 5.38. The van der Waals surface area contributed by atoms with Crippen molar-refractivity contribution in [2.75, 3.05) is 6.54 Å². The molecule has 0 saturated carbocycles. The van der Waals surface area contributed by atoms with Crippen molar-refractivity contribution >= 4 is 5.71 Å². The average molecular weight is 279 g/mol. The molecule has 0 amide bonds. The van der Waals surface area contributed by atoms with E-state index in [4.69, 9.17) is 0 Å². The van der Waals surface area contributed by atoms with Crippen LogP contribution in [-0.2, 0) is 0 Å². The minimum Gasteiger partial charge on any atom is -0.284 e. The topological polar surface area (TPSA) is 38.1 Å². The van der Waals surface area contributed by atoms with Crippen LogP contribution >= 0.6 is 0 Å². The Bertz CT molecular complexity index is 640. The van der Waals surface area contributed by atoms with Gasteiger partial charge in [0.2, 0.25) is 0 Å². The maximum Gasteiger partial charge on any atom is 0.0936 e. The second kappa shape index (κ2) is 7.48. The molecule has 1 aromatic carbocycles. The number of hydrogen-bond donors (Lipinski definition) is 0. The van der Waals surface area contributed by atoms with Crippen molar-refractivity contribution < 1.29 is 0 Å². The number of dihydropyridines is 1. The third-order valence-electron chi connectivity index (χ3n) is 3.15. The zero-order valence-electron chi connectivity index (χ0n) is 12.9. The minimum atomic E-state index is 0.855. The van der Waals surface area contributed by atoms with Crippen LogP contribution in [0.25, 0.3) is 11.3 Å². The number of aliphatic imine (C=N–C) groups is 1. The zero-order chi connectivity index (χ0) is 15.1. The van der Waals surface area contributed by atoms with Crippen molar-refractivity contribution in [2.45, 2.75) is 27.2 Å². The van der Waals surface area contributed by atoms with E-state index < -0.39 is 0 Å². The van der Waals surface area contributed by atoms with E-state index in [0.29, 0.717) is 0 Å². The zero-order valence-corrected chi connectivity index (χ0v) is 12.9.